The van der Waals surface area contributed by atoms with Crippen molar-refractivity contribution in [2.45, 2.75) is 26.2 Å². The number of phenols is 2. The third kappa shape index (κ3) is 5.77. The molecule has 2 aromatic rings. The minimum atomic E-state index is 0.154. The highest BCUT2D eigenvalue weighted by atomic mass is 35.5. The molecule has 0 amide bonds. The molecule has 0 saturated carbocycles. The molecule has 0 aliphatic rings. The molecule has 23 heavy (non-hydrogen) atoms. The summed E-state index contributed by atoms with van der Waals surface area (Å²) in [5.74, 6) is 0.483. The number of rotatable bonds is 8. The molecule has 0 aromatic heterocycles. The maximum atomic E-state index is 9.68. The number of hydrogen-bond acceptors (Lipinski definition) is 2. The quantitative estimate of drug-likeness (QED) is 0.695. The topological polar surface area (TPSA) is 44.9 Å². The lowest BCUT2D eigenvalue weighted by Gasteiger charge is -2.19. The van der Waals surface area contributed by atoms with E-state index in [1.807, 2.05) is 18.2 Å². The van der Waals surface area contributed by atoms with Crippen molar-refractivity contribution < 1.29 is 15.1 Å². The van der Waals surface area contributed by atoms with Crippen molar-refractivity contribution in [1.29, 1.82) is 0 Å². The van der Waals surface area contributed by atoms with Gasteiger partial charge in [-0.25, -0.2) is 0 Å². The molecule has 1 atom stereocenters. The number of halogens is 1. The number of hydrogen-bond donors (Lipinski definition) is 3. The Hall–Kier alpha value is -1.71. The van der Waals surface area contributed by atoms with Crippen molar-refractivity contribution in [3.8, 4) is 11.5 Å². The molecule has 0 spiro atoms. The molecule has 2 aromatic carbocycles. The SMILES string of the molecule is CCC[NH+](CCc1cccc(O)c1)CCc1ccc(Cl)c(O)c1. The zero-order chi connectivity index (χ0) is 16.7. The molecule has 0 fully saturated rings. The Labute approximate surface area is 143 Å². The Morgan fingerprint density at radius 3 is 2.22 bits per heavy atom. The third-order valence-corrected chi connectivity index (χ3v) is 4.38. The summed E-state index contributed by atoms with van der Waals surface area (Å²) in [6.45, 7) is 5.38. The minimum absolute atomic E-state index is 0.154. The van der Waals surface area contributed by atoms with Crippen molar-refractivity contribution in [3.05, 3.63) is 58.6 Å². The van der Waals surface area contributed by atoms with Crippen LogP contribution in [0.15, 0.2) is 42.5 Å². The van der Waals surface area contributed by atoms with Gasteiger partial charge in [0, 0.05) is 12.8 Å². The molecule has 3 nitrogen and oxygen atoms in total. The zero-order valence-corrected chi connectivity index (χ0v) is 14.3. The van der Waals surface area contributed by atoms with Crippen LogP contribution in [0.5, 0.6) is 11.5 Å². The van der Waals surface area contributed by atoms with Gasteiger partial charge in [0.05, 0.1) is 24.7 Å². The Balaban J connectivity index is 1.89. The predicted molar refractivity (Wildman–Crippen MR) is 94.5 cm³/mol. The lowest BCUT2D eigenvalue weighted by molar-refractivity contribution is -0.899. The lowest BCUT2D eigenvalue weighted by Crippen LogP contribution is -3.12. The minimum Gasteiger partial charge on any atom is -0.508 e. The van der Waals surface area contributed by atoms with Gasteiger partial charge in [0.2, 0.25) is 0 Å². The molecule has 0 radical (unpaired) electrons. The van der Waals surface area contributed by atoms with Gasteiger partial charge in [-0.15, -0.1) is 0 Å². The summed E-state index contributed by atoms with van der Waals surface area (Å²) in [6.07, 6.45) is 3.01. The number of quaternary nitrogens is 1. The fourth-order valence-corrected chi connectivity index (χ4v) is 2.91. The standard InChI is InChI=1S/C19H24ClNO2/c1-2-10-21(11-8-15-4-3-5-17(22)13-15)12-9-16-6-7-18(20)19(23)14-16/h3-7,13-14,22-23H,2,8-12H2,1H3/p+1. The first kappa shape index (κ1) is 17.6. The molecule has 2 rings (SSSR count). The monoisotopic (exact) mass is 334 g/mol. The molecule has 1 unspecified atom stereocenters. The summed E-state index contributed by atoms with van der Waals surface area (Å²) >= 11 is 5.85. The van der Waals surface area contributed by atoms with Gasteiger partial charge in [0.15, 0.2) is 0 Å². The summed E-state index contributed by atoms with van der Waals surface area (Å²) in [6, 6.07) is 13.0. The highest BCUT2D eigenvalue weighted by Crippen LogP contribution is 2.23. The number of aromatic hydroxyl groups is 2. The highest BCUT2D eigenvalue weighted by molar-refractivity contribution is 6.31. The highest BCUT2D eigenvalue weighted by Gasteiger charge is 2.09. The molecule has 124 valence electrons. The van der Waals surface area contributed by atoms with E-state index < -0.39 is 0 Å². The van der Waals surface area contributed by atoms with Crippen LogP contribution in [-0.4, -0.2) is 29.8 Å². The first-order valence-corrected chi connectivity index (χ1v) is 8.55. The first-order valence-electron chi connectivity index (χ1n) is 8.17. The van der Waals surface area contributed by atoms with Crippen LogP contribution >= 0.6 is 11.6 Å². The van der Waals surface area contributed by atoms with Crippen LogP contribution in [0.3, 0.4) is 0 Å². The normalized spacial score (nSPS) is 12.3. The van der Waals surface area contributed by atoms with Gasteiger partial charge in [0.1, 0.15) is 11.5 Å². The second kappa shape index (κ2) is 8.80. The molecule has 0 bridgehead atoms. The van der Waals surface area contributed by atoms with Crippen LogP contribution < -0.4 is 4.90 Å². The molecular weight excluding hydrogens is 310 g/mol. The molecule has 3 N–H and O–H groups in total. The molecule has 0 saturated heterocycles. The maximum Gasteiger partial charge on any atom is 0.134 e. The van der Waals surface area contributed by atoms with Crippen molar-refractivity contribution in [3.63, 3.8) is 0 Å². The molecule has 0 heterocycles. The smallest absolute Gasteiger partial charge is 0.134 e. The van der Waals surface area contributed by atoms with E-state index in [1.54, 1.807) is 18.2 Å². The fourth-order valence-electron chi connectivity index (χ4n) is 2.80. The van der Waals surface area contributed by atoms with Gasteiger partial charge in [-0.05, 0) is 41.8 Å². The van der Waals surface area contributed by atoms with Gasteiger partial charge in [-0.3, -0.25) is 0 Å². The van der Waals surface area contributed by atoms with E-state index in [-0.39, 0.29) is 5.75 Å². The van der Waals surface area contributed by atoms with Gasteiger partial charge < -0.3 is 15.1 Å². The van der Waals surface area contributed by atoms with E-state index in [2.05, 4.69) is 13.0 Å². The van der Waals surface area contributed by atoms with Gasteiger partial charge in [-0.2, -0.15) is 0 Å². The van der Waals surface area contributed by atoms with E-state index in [9.17, 15) is 10.2 Å². The summed E-state index contributed by atoms with van der Waals surface area (Å²) in [7, 11) is 0. The lowest BCUT2D eigenvalue weighted by atomic mass is 10.1. The van der Waals surface area contributed by atoms with E-state index in [0.29, 0.717) is 10.8 Å². The number of phenolic OH excluding ortho intramolecular Hbond substituents is 2. The molecule has 0 aliphatic heterocycles. The molecular formula is C19H25ClNO2+. The van der Waals surface area contributed by atoms with E-state index in [1.165, 1.54) is 10.5 Å². The Morgan fingerprint density at radius 1 is 0.913 bits per heavy atom. The average Bonchev–Trinajstić information content (AvgIpc) is 2.53. The van der Waals surface area contributed by atoms with Crippen LogP contribution in [0.1, 0.15) is 24.5 Å². The van der Waals surface area contributed by atoms with Crippen molar-refractivity contribution >= 4 is 11.6 Å². The van der Waals surface area contributed by atoms with E-state index in [4.69, 9.17) is 11.6 Å². The molecule has 0 aliphatic carbocycles. The average molecular weight is 335 g/mol. The van der Waals surface area contributed by atoms with Gasteiger partial charge in [-0.1, -0.05) is 36.7 Å². The van der Waals surface area contributed by atoms with Gasteiger partial charge in [0.25, 0.3) is 0 Å². The van der Waals surface area contributed by atoms with Crippen LogP contribution in [-0.2, 0) is 12.8 Å². The van der Waals surface area contributed by atoms with E-state index in [0.717, 1.165) is 44.5 Å². The van der Waals surface area contributed by atoms with Crippen molar-refractivity contribution in [2.24, 2.45) is 0 Å². The summed E-state index contributed by atoms with van der Waals surface area (Å²) in [5, 5.41) is 19.6. The summed E-state index contributed by atoms with van der Waals surface area (Å²) < 4.78 is 0. The molecule has 4 heteroatoms. The predicted octanol–water partition coefficient (Wildman–Crippen LogP) is 2.83. The van der Waals surface area contributed by atoms with Gasteiger partial charge >= 0.3 is 0 Å². The first-order chi connectivity index (χ1) is 11.1. The number of benzene rings is 2. The second-order valence-electron chi connectivity index (χ2n) is 5.96. The van der Waals surface area contributed by atoms with Crippen molar-refractivity contribution in [2.75, 3.05) is 19.6 Å². The third-order valence-electron chi connectivity index (χ3n) is 4.06. The maximum absolute atomic E-state index is 9.68. The zero-order valence-electron chi connectivity index (χ0n) is 13.6. The van der Waals surface area contributed by atoms with Crippen LogP contribution in [0, 0.1) is 0 Å². The Morgan fingerprint density at radius 2 is 1.61 bits per heavy atom. The summed E-state index contributed by atoms with van der Waals surface area (Å²) in [5.41, 5.74) is 2.28. The van der Waals surface area contributed by atoms with Crippen LogP contribution in [0.2, 0.25) is 5.02 Å². The van der Waals surface area contributed by atoms with E-state index >= 15 is 0 Å². The Kier molecular flexibility index (Phi) is 6.75. The summed E-state index contributed by atoms with van der Waals surface area (Å²) in [4.78, 5) is 1.53. The largest absolute Gasteiger partial charge is 0.508 e. The second-order valence-corrected chi connectivity index (χ2v) is 6.36. The Bertz CT molecular complexity index is 631. The number of nitrogens with one attached hydrogen (secondary N) is 1. The fraction of sp³-hybridized carbons (Fsp3) is 0.368. The van der Waals surface area contributed by atoms with Crippen LogP contribution in [0.25, 0.3) is 0 Å². The van der Waals surface area contributed by atoms with Crippen molar-refractivity contribution in [1.82, 2.24) is 0 Å². The van der Waals surface area contributed by atoms with Crippen LogP contribution in [0.4, 0.5) is 0 Å².